The number of nitrogens with one attached hydrogen (secondary N) is 1. The zero-order valence-electron chi connectivity index (χ0n) is 16.2. The van der Waals surface area contributed by atoms with E-state index in [0.29, 0.717) is 19.1 Å². The third kappa shape index (κ3) is 4.66. The number of amides is 1. The first-order valence-corrected chi connectivity index (χ1v) is 11.7. The standard InChI is InChI=1S/C20H26BrN5OS/c1-14-11-18(24-20(22-14)23-16-5-3-2-4-6-16)25-7-9-26(10-8-25)19(27)17-12-15(21)13-28-17/h11-13,16H,2-10H2,1H3,(H,22,23,24). The van der Waals surface area contributed by atoms with Gasteiger partial charge in [-0.15, -0.1) is 11.3 Å². The number of thiophene rings is 1. The van der Waals surface area contributed by atoms with Gasteiger partial charge in [-0.1, -0.05) is 19.3 Å². The highest BCUT2D eigenvalue weighted by Crippen LogP contribution is 2.24. The quantitative estimate of drug-likeness (QED) is 0.731. The summed E-state index contributed by atoms with van der Waals surface area (Å²) in [4.78, 5) is 27.0. The van der Waals surface area contributed by atoms with Gasteiger partial charge in [0.05, 0.1) is 4.88 Å². The molecule has 2 aromatic rings. The Labute approximate surface area is 178 Å². The maximum Gasteiger partial charge on any atom is 0.264 e. The summed E-state index contributed by atoms with van der Waals surface area (Å²) in [6, 6.07) is 4.43. The lowest BCUT2D eigenvalue weighted by Gasteiger charge is -2.35. The lowest BCUT2D eigenvalue weighted by Crippen LogP contribution is -2.49. The lowest BCUT2D eigenvalue weighted by molar-refractivity contribution is 0.0751. The Kier molecular flexibility index (Phi) is 6.16. The molecule has 2 aliphatic rings. The second-order valence-corrected chi connectivity index (χ2v) is 9.41. The monoisotopic (exact) mass is 463 g/mol. The molecule has 2 fully saturated rings. The van der Waals surface area contributed by atoms with Gasteiger partial charge in [-0.3, -0.25) is 4.79 Å². The Morgan fingerprint density at radius 1 is 1.14 bits per heavy atom. The number of nitrogens with zero attached hydrogens (tertiary/aromatic N) is 4. The summed E-state index contributed by atoms with van der Waals surface area (Å²) in [6.07, 6.45) is 6.31. The molecule has 0 aromatic carbocycles. The highest BCUT2D eigenvalue weighted by atomic mass is 79.9. The van der Waals surface area contributed by atoms with Gasteiger partial charge in [-0.2, -0.15) is 4.98 Å². The summed E-state index contributed by atoms with van der Waals surface area (Å²) >= 11 is 4.91. The number of hydrogen-bond acceptors (Lipinski definition) is 6. The number of piperazine rings is 1. The van der Waals surface area contributed by atoms with Crippen LogP contribution in [-0.2, 0) is 0 Å². The molecule has 8 heteroatoms. The van der Waals surface area contributed by atoms with E-state index in [0.717, 1.165) is 39.9 Å². The van der Waals surface area contributed by atoms with Crippen molar-refractivity contribution in [3.8, 4) is 0 Å². The first-order chi connectivity index (χ1) is 13.6. The number of carbonyl (C=O) groups excluding carboxylic acids is 1. The molecule has 4 rings (SSSR count). The Hall–Kier alpha value is -1.67. The molecule has 1 saturated heterocycles. The molecule has 3 heterocycles. The summed E-state index contributed by atoms with van der Waals surface area (Å²) in [5, 5.41) is 5.49. The smallest absolute Gasteiger partial charge is 0.264 e. The zero-order valence-corrected chi connectivity index (χ0v) is 18.6. The molecule has 2 aromatic heterocycles. The van der Waals surface area contributed by atoms with E-state index in [1.54, 1.807) is 0 Å². The fraction of sp³-hybridized carbons (Fsp3) is 0.550. The van der Waals surface area contributed by atoms with Gasteiger partial charge in [-0.25, -0.2) is 4.98 Å². The molecule has 150 valence electrons. The minimum atomic E-state index is 0.119. The largest absolute Gasteiger partial charge is 0.353 e. The summed E-state index contributed by atoms with van der Waals surface area (Å²) in [5.74, 6) is 1.81. The molecule has 6 nitrogen and oxygen atoms in total. The van der Waals surface area contributed by atoms with Gasteiger partial charge >= 0.3 is 0 Å². The Morgan fingerprint density at radius 2 is 1.89 bits per heavy atom. The van der Waals surface area contributed by atoms with Crippen LogP contribution in [-0.4, -0.2) is 53.0 Å². The van der Waals surface area contributed by atoms with Gasteiger partial charge in [0, 0.05) is 53.8 Å². The van der Waals surface area contributed by atoms with Crippen LogP contribution >= 0.6 is 27.3 Å². The van der Waals surface area contributed by atoms with Crippen molar-refractivity contribution < 1.29 is 4.79 Å². The van der Waals surface area contributed by atoms with Gasteiger partial charge in [0.2, 0.25) is 5.95 Å². The summed E-state index contributed by atoms with van der Waals surface area (Å²) in [7, 11) is 0. The Morgan fingerprint density at radius 3 is 2.57 bits per heavy atom. The highest BCUT2D eigenvalue weighted by Gasteiger charge is 2.24. The van der Waals surface area contributed by atoms with Gasteiger partial charge < -0.3 is 15.1 Å². The van der Waals surface area contributed by atoms with Crippen molar-refractivity contribution in [1.82, 2.24) is 14.9 Å². The molecule has 0 spiro atoms. The van der Waals surface area contributed by atoms with Crippen molar-refractivity contribution in [2.24, 2.45) is 0 Å². The maximum atomic E-state index is 12.6. The van der Waals surface area contributed by atoms with Crippen molar-refractivity contribution >= 4 is 44.9 Å². The number of rotatable bonds is 4. The van der Waals surface area contributed by atoms with Crippen molar-refractivity contribution in [3.05, 3.63) is 32.6 Å². The molecule has 1 aliphatic heterocycles. The molecular weight excluding hydrogens is 438 g/mol. The maximum absolute atomic E-state index is 12.6. The van der Waals surface area contributed by atoms with Gasteiger partial charge in [-0.05, 0) is 41.8 Å². The average molecular weight is 464 g/mol. The minimum Gasteiger partial charge on any atom is -0.353 e. The van der Waals surface area contributed by atoms with Crippen LogP contribution in [0.1, 0.15) is 47.5 Å². The SMILES string of the molecule is Cc1cc(N2CCN(C(=O)c3cc(Br)cs3)CC2)nc(NC2CCCCC2)n1. The van der Waals surface area contributed by atoms with Crippen LogP contribution in [0.3, 0.4) is 0 Å². The van der Waals surface area contributed by atoms with E-state index in [1.807, 2.05) is 29.3 Å². The van der Waals surface area contributed by atoms with E-state index in [-0.39, 0.29) is 5.91 Å². The van der Waals surface area contributed by atoms with Gasteiger partial charge in [0.25, 0.3) is 5.91 Å². The Balaban J connectivity index is 1.39. The third-order valence-electron chi connectivity index (χ3n) is 5.45. The second-order valence-electron chi connectivity index (χ2n) is 7.58. The topological polar surface area (TPSA) is 61.4 Å². The van der Waals surface area contributed by atoms with Crippen LogP contribution in [0.15, 0.2) is 22.0 Å². The van der Waals surface area contributed by atoms with Gasteiger partial charge in [0.1, 0.15) is 5.82 Å². The molecule has 0 atom stereocenters. The molecule has 28 heavy (non-hydrogen) atoms. The fourth-order valence-electron chi connectivity index (χ4n) is 3.93. The fourth-order valence-corrected chi connectivity index (χ4v) is 5.32. The molecule has 1 saturated carbocycles. The van der Waals surface area contributed by atoms with E-state index in [9.17, 15) is 4.79 Å². The predicted octanol–water partition coefficient (Wildman–Crippen LogP) is 4.32. The van der Waals surface area contributed by atoms with E-state index in [2.05, 4.69) is 31.1 Å². The Bertz CT molecular complexity index is 828. The van der Waals surface area contributed by atoms with Crippen LogP contribution in [0.25, 0.3) is 0 Å². The van der Waals surface area contributed by atoms with E-state index >= 15 is 0 Å². The zero-order chi connectivity index (χ0) is 19.5. The van der Waals surface area contributed by atoms with Crippen LogP contribution < -0.4 is 10.2 Å². The number of halogens is 1. The van der Waals surface area contributed by atoms with Gasteiger partial charge in [0.15, 0.2) is 0 Å². The molecule has 1 aliphatic carbocycles. The molecule has 0 bridgehead atoms. The van der Waals surface area contributed by atoms with E-state index in [1.165, 1.54) is 43.4 Å². The molecule has 1 amide bonds. The molecular formula is C20H26BrN5OS. The highest BCUT2D eigenvalue weighted by molar-refractivity contribution is 9.10. The minimum absolute atomic E-state index is 0.119. The second kappa shape index (κ2) is 8.78. The van der Waals surface area contributed by atoms with Crippen molar-refractivity contribution in [1.29, 1.82) is 0 Å². The predicted molar refractivity (Wildman–Crippen MR) is 117 cm³/mol. The normalized spacial score (nSPS) is 18.4. The van der Waals surface area contributed by atoms with Crippen molar-refractivity contribution in [2.45, 2.75) is 45.1 Å². The van der Waals surface area contributed by atoms with Crippen LogP contribution in [0.2, 0.25) is 0 Å². The first-order valence-electron chi connectivity index (χ1n) is 9.99. The number of hydrogen-bond donors (Lipinski definition) is 1. The number of aromatic nitrogens is 2. The molecule has 0 unspecified atom stereocenters. The summed E-state index contributed by atoms with van der Waals surface area (Å²) in [6.45, 7) is 5.02. The molecule has 1 N–H and O–H groups in total. The van der Waals surface area contributed by atoms with Crippen LogP contribution in [0, 0.1) is 6.92 Å². The number of aryl methyl sites for hydroxylation is 1. The average Bonchev–Trinajstić information content (AvgIpc) is 3.14. The first kappa shape index (κ1) is 19.6. The van der Waals surface area contributed by atoms with Crippen molar-refractivity contribution in [2.75, 3.05) is 36.4 Å². The van der Waals surface area contributed by atoms with E-state index < -0.39 is 0 Å². The van der Waals surface area contributed by atoms with E-state index in [4.69, 9.17) is 4.98 Å². The van der Waals surface area contributed by atoms with Crippen LogP contribution in [0.4, 0.5) is 11.8 Å². The summed E-state index contributed by atoms with van der Waals surface area (Å²) < 4.78 is 0.967. The van der Waals surface area contributed by atoms with Crippen molar-refractivity contribution in [3.63, 3.8) is 0 Å². The number of carbonyl (C=O) groups is 1. The summed E-state index contributed by atoms with van der Waals surface area (Å²) in [5.41, 5.74) is 0.977. The van der Waals surface area contributed by atoms with Crippen LogP contribution in [0.5, 0.6) is 0 Å². The third-order valence-corrected chi connectivity index (χ3v) is 7.13. The lowest BCUT2D eigenvalue weighted by atomic mass is 9.96. The number of anilines is 2. The molecule has 0 radical (unpaired) electrons.